The molecule has 0 radical (unpaired) electrons. The number of nitriles is 1. The zero-order valence-corrected chi connectivity index (χ0v) is 11.4. The van der Waals surface area contributed by atoms with Crippen molar-refractivity contribution in [1.82, 2.24) is 10.2 Å². The summed E-state index contributed by atoms with van der Waals surface area (Å²) in [4.78, 5) is 25.5. The van der Waals surface area contributed by atoms with Gasteiger partial charge in [0.15, 0.2) is 0 Å². The van der Waals surface area contributed by atoms with Gasteiger partial charge < -0.3 is 10.2 Å². The summed E-state index contributed by atoms with van der Waals surface area (Å²) < 4.78 is 0. The largest absolute Gasteiger partial charge is 0.341 e. The molecule has 98 valence electrons. The SMILES string of the molecule is CC/C=C(\C)C(=O)N1CSCC1C(=O)NCC#N. The van der Waals surface area contributed by atoms with Crippen LogP contribution in [0.5, 0.6) is 0 Å². The number of thioether (sulfide) groups is 1. The summed E-state index contributed by atoms with van der Waals surface area (Å²) in [5.74, 6) is 0.763. The second-order valence-corrected chi connectivity index (χ2v) is 4.96. The van der Waals surface area contributed by atoms with E-state index in [1.54, 1.807) is 23.6 Å². The van der Waals surface area contributed by atoms with Crippen molar-refractivity contribution in [3.05, 3.63) is 11.6 Å². The monoisotopic (exact) mass is 267 g/mol. The molecule has 5 nitrogen and oxygen atoms in total. The first-order chi connectivity index (χ1) is 8.61. The highest BCUT2D eigenvalue weighted by Gasteiger charge is 2.34. The number of carbonyl (C=O) groups is 2. The molecule has 1 aliphatic heterocycles. The fourth-order valence-electron chi connectivity index (χ4n) is 1.72. The van der Waals surface area contributed by atoms with Crippen LogP contribution in [0.1, 0.15) is 20.3 Å². The second kappa shape index (κ2) is 7.07. The lowest BCUT2D eigenvalue weighted by atomic mass is 10.2. The minimum absolute atomic E-state index is 0.0220. The first-order valence-corrected chi connectivity index (χ1v) is 6.97. The molecule has 0 aromatic rings. The third-order valence-corrected chi connectivity index (χ3v) is 3.65. The minimum atomic E-state index is -0.462. The number of nitrogens with one attached hydrogen (secondary N) is 1. The summed E-state index contributed by atoms with van der Waals surface area (Å²) in [6.45, 7) is 3.71. The standard InChI is InChI=1S/C12H17N3O2S/c1-3-4-9(2)12(17)15-8-18-7-10(15)11(16)14-6-5-13/h4,10H,3,6-8H2,1-2H3,(H,14,16)/b9-4+. The Labute approximate surface area is 111 Å². The topological polar surface area (TPSA) is 73.2 Å². The van der Waals surface area contributed by atoms with Gasteiger partial charge in [-0.25, -0.2) is 0 Å². The highest BCUT2D eigenvalue weighted by Crippen LogP contribution is 2.23. The Bertz CT molecular complexity index is 401. The molecular weight excluding hydrogens is 250 g/mol. The van der Waals surface area contributed by atoms with E-state index in [2.05, 4.69) is 5.32 Å². The number of hydrogen-bond donors (Lipinski definition) is 1. The maximum atomic E-state index is 12.1. The Morgan fingerprint density at radius 1 is 1.61 bits per heavy atom. The van der Waals surface area contributed by atoms with Gasteiger partial charge in [0.05, 0.1) is 11.9 Å². The van der Waals surface area contributed by atoms with Crippen LogP contribution in [-0.2, 0) is 9.59 Å². The molecular formula is C12H17N3O2S. The van der Waals surface area contributed by atoms with Crippen LogP contribution in [0.3, 0.4) is 0 Å². The van der Waals surface area contributed by atoms with E-state index < -0.39 is 6.04 Å². The zero-order valence-electron chi connectivity index (χ0n) is 10.6. The van der Waals surface area contributed by atoms with Crippen molar-refractivity contribution in [2.45, 2.75) is 26.3 Å². The van der Waals surface area contributed by atoms with E-state index in [-0.39, 0.29) is 18.4 Å². The van der Waals surface area contributed by atoms with Gasteiger partial charge in [0.2, 0.25) is 5.91 Å². The summed E-state index contributed by atoms with van der Waals surface area (Å²) in [7, 11) is 0. The van der Waals surface area contributed by atoms with Gasteiger partial charge in [0.1, 0.15) is 12.6 Å². The minimum Gasteiger partial charge on any atom is -0.341 e. The molecule has 1 heterocycles. The third kappa shape index (κ3) is 3.50. The molecule has 1 rings (SSSR count). The lowest BCUT2D eigenvalue weighted by molar-refractivity contribution is -0.135. The van der Waals surface area contributed by atoms with Crippen LogP contribution in [-0.4, -0.2) is 40.9 Å². The Kier molecular flexibility index (Phi) is 5.72. The molecule has 0 bridgehead atoms. The first-order valence-electron chi connectivity index (χ1n) is 5.82. The van der Waals surface area contributed by atoms with Crippen molar-refractivity contribution in [1.29, 1.82) is 5.26 Å². The number of nitrogens with zero attached hydrogens (tertiary/aromatic N) is 2. The van der Waals surface area contributed by atoms with Crippen molar-refractivity contribution < 1.29 is 9.59 Å². The lowest BCUT2D eigenvalue weighted by Gasteiger charge is -2.22. The Balaban J connectivity index is 2.70. The van der Waals surface area contributed by atoms with Gasteiger partial charge in [-0.2, -0.15) is 5.26 Å². The molecule has 0 aliphatic carbocycles. The van der Waals surface area contributed by atoms with Crippen LogP contribution in [0.2, 0.25) is 0 Å². The quantitative estimate of drug-likeness (QED) is 0.606. The van der Waals surface area contributed by atoms with Crippen molar-refractivity contribution in [2.75, 3.05) is 18.2 Å². The molecule has 1 unspecified atom stereocenters. The fraction of sp³-hybridized carbons (Fsp3) is 0.583. The average Bonchev–Trinajstić information content (AvgIpc) is 2.84. The molecule has 2 amide bonds. The van der Waals surface area contributed by atoms with E-state index in [1.807, 2.05) is 19.1 Å². The van der Waals surface area contributed by atoms with Gasteiger partial charge >= 0.3 is 0 Å². The summed E-state index contributed by atoms with van der Waals surface area (Å²) >= 11 is 1.55. The van der Waals surface area contributed by atoms with E-state index in [4.69, 9.17) is 5.26 Å². The van der Waals surface area contributed by atoms with Gasteiger partial charge in [-0.15, -0.1) is 11.8 Å². The predicted octanol–water partition coefficient (Wildman–Crippen LogP) is 0.884. The first kappa shape index (κ1) is 14.6. The molecule has 1 N–H and O–H groups in total. The summed E-state index contributed by atoms with van der Waals surface area (Å²) in [5.41, 5.74) is 0.665. The molecule has 1 aliphatic rings. The maximum absolute atomic E-state index is 12.1. The van der Waals surface area contributed by atoms with Crippen LogP contribution >= 0.6 is 11.8 Å². The summed E-state index contributed by atoms with van der Waals surface area (Å²) in [5, 5.41) is 10.9. The summed E-state index contributed by atoms with van der Waals surface area (Å²) in [6.07, 6.45) is 2.65. The van der Waals surface area contributed by atoms with Gasteiger partial charge in [-0.1, -0.05) is 13.0 Å². The van der Waals surface area contributed by atoms with Crippen LogP contribution < -0.4 is 5.32 Å². The van der Waals surface area contributed by atoms with Crippen LogP contribution in [0.4, 0.5) is 0 Å². The van der Waals surface area contributed by atoms with Gasteiger partial charge in [0, 0.05) is 11.3 Å². The number of allylic oxidation sites excluding steroid dienone is 1. The normalized spacial score (nSPS) is 19.5. The Morgan fingerprint density at radius 2 is 2.33 bits per heavy atom. The molecule has 0 aromatic heterocycles. The van der Waals surface area contributed by atoms with Gasteiger partial charge in [-0.05, 0) is 13.3 Å². The van der Waals surface area contributed by atoms with E-state index >= 15 is 0 Å². The van der Waals surface area contributed by atoms with Gasteiger partial charge in [-0.3, -0.25) is 9.59 Å². The molecule has 0 aromatic carbocycles. The van der Waals surface area contributed by atoms with Crippen LogP contribution in [0.15, 0.2) is 11.6 Å². The van der Waals surface area contributed by atoms with Crippen LogP contribution in [0, 0.1) is 11.3 Å². The predicted molar refractivity (Wildman–Crippen MR) is 70.6 cm³/mol. The molecule has 6 heteroatoms. The molecule has 1 saturated heterocycles. The van der Waals surface area contributed by atoms with Crippen molar-refractivity contribution in [2.24, 2.45) is 0 Å². The lowest BCUT2D eigenvalue weighted by Crippen LogP contribution is -2.47. The number of carbonyl (C=O) groups excluding carboxylic acids is 2. The van der Waals surface area contributed by atoms with Crippen LogP contribution in [0.25, 0.3) is 0 Å². The van der Waals surface area contributed by atoms with Crippen molar-refractivity contribution in [3.8, 4) is 6.07 Å². The summed E-state index contributed by atoms with van der Waals surface area (Å²) in [6, 6.07) is 1.39. The van der Waals surface area contributed by atoms with Gasteiger partial charge in [0.25, 0.3) is 5.91 Å². The highest BCUT2D eigenvalue weighted by molar-refractivity contribution is 7.99. The smallest absolute Gasteiger partial charge is 0.250 e. The zero-order chi connectivity index (χ0) is 13.5. The van der Waals surface area contributed by atoms with E-state index in [0.717, 1.165) is 6.42 Å². The van der Waals surface area contributed by atoms with Crippen molar-refractivity contribution in [3.63, 3.8) is 0 Å². The third-order valence-electron chi connectivity index (χ3n) is 2.64. The molecule has 0 saturated carbocycles. The van der Waals surface area contributed by atoms with E-state index in [0.29, 0.717) is 17.2 Å². The average molecular weight is 267 g/mol. The molecule has 0 spiro atoms. The van der Waals surface area contributed by atoms with E-state index in [9.17, 15) is 9.59 Å². The van der Waals surface area contributed by atoms with E-state index in [1.165, 1.54) is 0 Å². The maximum Gasteiger partial charge on any atom is 0.250 e. The molecule has 1 fully saturated rings. The second-order valence-electron chi connectivity index (χ2n) is 3.96. The Hall–Kier alpha value is -1.48. The number of amides is 2. The molecule has 1 atom stereocenters. The highest BCUT2D eigenvalue weighted by atomic mass is 32.2. The molecule has 18 heavy (non-hydrogen) atoms. The van der Waals surface area contributed by atoms with Crippen molar-refractivity contribution >= 4 is 23.6 Å². The number of hydrogen-bond acceptors (Lipinski definition) is 4. The number of rotatable bonds is 4. The fourth-order valence-corrected chi connectivity index (χ4v) is 2.88. The Morgan fingerprint density at radius 3 is 2.94 bits per heavy atom.